The van der Waals surface area contributed by atoms with E-state index in [4.69, 9.17) is 11.6 Å². The Kier molecular flexibility index (Phi) is 2.90. The molecular formula is C13H7ClF3N3. The monoisotopic (exact) mass is 297 g/mol. The summed E-state index contributed by atoms with van der Waals surface area (Å²) in [6, 6.07) is 5.70. The molecule has 0 aromatic carbocycles. The highest BCUT2D eigenvalue weighted by atomic mass is 35.5. The molecule has 0 amide bonds. The molecule has 0 aliphatic heterocycles. The van der Waals surface area contributed by atoms with Crippen LogP contribution in [0.1, 0.15) is 5.69 Å². The summed E-state index contributed by atoms with van der Waals surface area (Å²) in [6.45, 7) is 0. The largest absolute Gasteiger partial charge is 0.433 e. The topological polar surface area (TPSA) is 41.6 Å². The molecule has 0 atom stereocenters. The number of halogens is 4. The molecule has 0 aliphatic rings. The second-order valence-corrected chi connectivity index (χ2v) is 4.58. The summed E-state index contributed by atoms with van der Waals surface area (Å²) in [5.74, 6) is 0. The number of rotatable bonds is 1. The molecular weight excluding hydrogens is 291 g/mol. The molecule has 3 nitrogen and oxygen atoms in total. The molecule has 3 aromatic rings. The minimum Gasteiger partial charge on any atom is -0.339 e. The Labute approximate surface area is 116 Å². The molecule has 0 unspecified atom stereocenters. The first kappa shape index (κ1) is 12.9. The summed E-state index contributed by atoms with van der Waals surface area (Å²) in [5.41, 5.74) is 0.495. The number of H-pyrrole nitrogens is 1. The lowest BCUT2D eigenvalue weighted by atomic mass is 10.2. The molecule has 0 bridgehead atoms. The van der Waals surface area contributed by atoms with Crippen molar-refractivity contribution in [2.45, 2.75) is 6.18 Å². The van der Waals surface area contributed by atoms with Gasteiger partial charge in [0.05, 0.1) is 5.02 Å². The lowest BCUT2D eigenvalue weighted by molar-refractivity contribution is -0.141. The fraction of sp³-hybridized carbons (Fsp3) is 0.0769. The summed E-state index contributed by atoms with van der Waals surface area (Å²) in [5, 5.41) is 0.996. The Morgan fingerprint density at radius 3 is 2.65 bits per heavy atom. The van der Waals surface area contributed by atoms with Crippen molar-refractivity contribution in [2.75, 3.05) is 0 Å². The minimum absolute atomic E-state index is 0.169. The Hall–Kier alpha value is -2.08. The number of fused-ring (bicyclic) bond motifs is 1. The van der Waals surface area contributed by atoms with Gasteiger partial charge in [0.25, 0.3) is 0 Å². The van der Waals surface area contributed by atoms with E-state index in [1.54, 1.807) is 18.3 Å². The molecule has 20 heavy (non-hydrogen) atoms. The van der Waals surface area contributed by atoms with Gasteiger partial charge in [-0.15, -0.1) is 0 Å². The van der Waals surface area contributed by atoms with Gasteiger partial charge in [0.15, 0.2) is 0 Å². The van der Waals surface area contributed by atoms with Crippen molar-refractivity contribution in [3.8, 4) is 11.3 Å². The van der Waals surface area contributed by atoms with E-state index in [2.05, 4.69) is 15.0 Å². The number of aromatic nitrogens is 3. The lowest BCUT2D eigenvalue weighted by Gasteiger charge is -2.04. The zero-order valence-corrected chi connectivity index (χ0v) is 10.6. The first-order valence-corrected chi connectivity index (χ1v) is 6.00. The highest BCUT2D eigenvalue weighted by Gasteiger charge is 2.32. The average Bonchev–Trinajstić information content (AvgIpc) is 2.80. The quantitative estimate of drug-likeness (QED) is 0.727. The summed E-state index contributed by atoms with van der Waals surface area (Å²) in [7, 11) is 0. The van der Waals surface area contributed by atoms with E-state index in [0.717, 1.165) is 6.07 Å². The fourth-order valence-corrected chi connectivity index (χ4v) is 2.12. The Morgan fingerprint density at radius 1 is 1.15 bits per heavy atom. The molecule has 0 fully saturated rings. The molecule has 0 spiro atoms. The van der Waals surface area contributed by atoms with E-state index in [1.165, 1.54) is 12.3 Å². The van der Waals surface area contributed by atoms with Crippen LogP contribution in [0.5, 0.6) is 0 Å². The summed E-state index contributed by atoms with van der Waals surface area (Å²) >= 11 is 6.01. The van der Waals surface area contributed by atoms with Crippen molar-refractivity contribution in [2.24, 2.45) is 0 Å². The van der Waals surface area contributed by atoms with E-state index in [-0.39, 0.29) is 5.65 Å². The normalized spacial score (nSPS) is 12.0. The van der Waals surface area contributed by atoms with Gasteiger partial charge in [-0.1, -0.05) is 11.6 Å². The molecule has 3 aromatic heterocycles. The SMILES string of the molecule is FC(F)(F)c1ccc2cc(-c3ccncc3Cl)[nH]c2n1. The van der Waals surface area contributed by atoms with Crippen LogP contribution in [0, 0.1) is 0 Å². The van der Waals surface area contributed by atoms with Crippen LogP contribution in [-0.4, -0.2) is 15.0 Å². The number of hydrogen-bond acceptors (Lipinski definition) is 2. The van der Waals surface area contributed by atoms with Crippen molar-refractivity contribution in [1.29, 1.82) is 0 Å². The van der Waals surface area contributed by atoms with E-state index in [1.807, 2.05) is 0 Å². The van der Waals surface area contributed by atoms with Gasteiger partial charge in [0.2, 0.25) is 0 Å². The van der Waals surface area contributed by atoms with Crippen LogP contribution in [-0.2, 0) is 6.18 Å². The second kappa shape index (κ2) is 4.49. The fourth-order valence-electron chi connectivity index (χ4n) is 1.90. The predicted molar refractivity (Wildman–Crippen MR) is 69.3 cm³/mol. The number of nitrogens with zero attached hydrogens (tertiary/aromatic N) is 2. The summed E-state index contributed by atoms with van der Waals surface area (Å²) < 4.78 is 37.8. The third kappa shape index (κ3) is 2.22. The van der Waals surface area contributed by atoms with Gasteiger partial charge in [-0.2, -0.15) is 13.2 Å². The van der Waals surface area contributed by atoms with Crippen LogP contribution in [0.2, 0.25) is 5.02 Å². The first-order valence-electron chi connectivity index (χ1n) is 5.62. The smallest absolute Gasteiger partial charge is 0.339 e. The van der Waals surface area contributed by atoms with Gasteiger partial charge in [-0.05, 0) is 24.3 Å². The molecule has 3 heterocycles. The maximum Gasteiger partial charge on any atom is 0.433 e. The van der Waals surface area contributed by atoms with Crippen molar-refractivity contribution in [3.05, 3.63) is 47.4 Å². The van der Waals surface area contributed by atoms with Gasteiger partial charge >= 0.3 is 6.18 Å². The molecule has 7 heteroatoms. The second-order valence-electron chi connectivity index (χ2n) is 4.17. The van der Waals surface area contributed by atoms with E-state index >= 15 is 0 Å². The molecule has 3 rings (SSSR count). The summed E-state index contributed by atoms with van der Waals surface area (Å²) in [6.07, 6.45) is -1.44. The minimum atomic E-state index is -4.46. The Bertz CT molecular complexity index is 780. The number of nitrogens with one attached hydrogen (secondary N) is 1. The number of alkyl halides is 3. The third-order valence-corrected chi connectivity index (χ3v) is 3.13. The maximum atomic E-state index is 12.6. The zero-order chi connectivity index (χ0) is 14.3. The highest BCUT2D eigenvalue weighted by Crippen LogP contribution is 2.32. The molecule has 1 N–H and O–H groups in total. The van der Waals surface area contributed by atoms with Gasteiger partial charge in [-0.3, -0.25) is 4.98 Å². The number of pyridine rings is 2. The highest BCUT2D eigenvalue weighted by molar-refractivity contribution is 6.33. The van der Waals surface area contributed by atoms with E-state index in [9.17, 15) is 13.2 Å². The Balaban J connectivity index is 2.14. The average molecular weight is 298 g/mol. The standard InChI is InChI=1S/C13H7ClF3N3/c14-9-6-18-4-3-8(9)10-5-7-1-2-11(13(15,16)17)20-12(7)19-10/h1-6H,(H,19,20). The lowest BCUT2D eigenvalue weighted by Crippen LogP contribution is -2.07. The first-order chi connectivity index (χ1) is 9.45. The van der Waals surface area contributed by atoms with Crippen LogP contribution in [0.3, 0.4) is 0 Å². The van der Waals surface area contributed by atoms with Gasteiger partial charge in [0.1, 0.15) is 11.3 Å². The summed E-state index contributed by atoms with van der Waals surface area (Å²) in [4.78, 5) is 10.3. The van der Waals surface area contributed by atoms with Crippen molar-refractivity contribution < 1.29 is 13.2 Å². The van der Waals surface area contributed by atoms with E-state index in [0.29, 0.717) is 21.7 Å². The van der Waals surface area contributed by atoms with Gasteiger partial charge < -0.3 is 4.98 Å². The molecule has 0 saturated carbocycles. The van der Waals surface area contributed by atoms with Crippen LogP contribution >= 0.6 is 11.6 Å². The molecule has 0 saturated heterocycles. The number of hydrogen-bond donors (Lipinski definition) is 1. The predicted octanol–water partition coefficient (Wildman–Crippen LogP) is 4.30. The molecule has 0 radical (unpaired) electrons. The van der Waals surface area contributed by atoms with Crippen LogP contribution in [0.15, 0.2) is 36.7 Å². The van der Waals surface area contributed by atoms with Crippen LogP contribution in [0.25, 0.3) is 22.3 Å². The third-order valence-electron chi connectivity index (χ3n) is 2.83. The van der Waals surface area contributed by atoms with Crippen molar-refractivity contribution in [3.63, 3.8) is 0 Å². The van der Waals surface area contributed by atoms with Crippen molar-refractivity contribution in [1.82, 2.24) is 15.0 Å². The van der Waals surface area contributed by atoms with Gasteiger partial charge in [-0.25, -0.2) is 4.98 Å². The van der Waals surface area contributed by atoms with Gasteiger partial charge in [0, 0.05) is 29.0 Å². The van der Waals surface area contributed by atoms with Crippen LogP contribution in [0.4, 0.5) is 13.2 Å². The molecule has 102 valence electrons. The van der Waals surface area contributed by atoms with Crippen molar-refractivity contribution >= 4 is 22.6 Å². The molecule has 0 aliphatic carbocycles. The Morgan fingerprint density at radius 2 is 1.95 bits per heavy atom. The van der Waals surface area contributed by atoms with E-state index < -0.39 is 11.9 Å². The maximum absolute atomic E-state index is 12.6. The van der Waals surface area contributed by atoms with Crippen LogP contribution < -0.4 is 0 Å². The zero-order valence-electron chi connectivity index (χ0n) is 9.87. The number of aromatic amines is 1.